The zero-order valence-electron chi connectivity index (χ0n) is 17.8. The number of hydrogen-bond donors (Lipinski definition) is 3. The second kappa shape index (κ2) is 10.4. The lowest BCUT2D eigenvalue weighted by molar-refractivity contribution is 0.194. The summed E-state index contributed by atoms with van der Waals surface area (Å²) in [6, 6.07) is 13.1. The third-order valence-corrected chi connectivity index (χ3v) is 6.03. The maximum absolute atomic E-state index is 10.4. The number of carboxylic acid groups (broad SMARTS) is 1. The molecule has 6 heteroatoms. The van der Waals surface area contributed by atoms with Crippen molar-refractivity contribution in [3.63, 3.8) is 0 Å². The highest BCUT2D eigenvalue weighted by molar-refractivity contribution is 7.10. The Bertz CT molecular complexity index is 996. The van der Waals surface area contributed by atoms with Crippen molar-refractivity contribution < 1.29 is 9.90 Å². The van der Waals surface area contributed by atoms with E-state index in [4.69, 9.17) is 10.1 Å². The van der Waals surface area contributed by atoms with Gasteiger partial charge >= 0.3 is 6.09 Å². The summed E-state index contributed by atoms with van der Waals surface area (Å²) in [5, 5.41) is 17.5. The maximum Gasteiger partial charge on any atom is 0.404 e. The molecule has 3 aromatic rings. The van der Waals surface area contributed by atoms with E-state index in [1.54, 1.807) is 11.3 Å². The summed E-state index contributed by atoms with van der Waals surface area (Å²) in [6.45, 7) is 8.30. The molecule has 1 heterocycles. The topological polar surface area (TPSA) is 74.2 Å². The number of amides is 1. The van der Waals surface area contributed by atoms with Gasteiger partial charge in [-0.25, -0.2) is 9.78 Å². The van der Waals surface area contributed by atoms with Gasteiger partial charge < -0.3 is 15.7 Å². The van der Waals surface area contributed by atoms with E-state index in [1.807, 2.05) is 0 Å². The Morgan fingerprint density at radius 1 is 1.00 bits per heavy atom. The predicted molar refractivity (Wildman–Crippen MR) is 124 cm³/mol. The fourth-order valence-corrected chi connectivity index (χ4v) is 4.24. The number of carbonyl (C=O) groups is 1. The molecule has 0 atom stereocenters. The van der Waals surface area contributed by atoms with E-state index in [9.17, 15) is 4.79 Å². The molecule has 0 bridgehead atoms. The average molecular weight is 424 g/mol. The fraction of sp³-hybridized carbons (Fsp3) is 0.333. The van der Waals surface area contributed by atoms with Crippen LogP contribution in [0.3, 0.4) is 0 Å². The number of nitrogens with zero attached hydrogens (tertiary/aromatic N) is 1. The van der Waals surface area contributed by atoms with Gasteiger partial charge in [0.25, 0.3) is 0 Å². The summed E-state index contributed by atoms with van der Waals surface area (Å²) in [5.41, 5.74) is 8.69. The smallest absolute Gasteiger partial charge is 0.404 e. The molecule has 0 aliphatic carbocycles. The number of rotatable bonds is 9. The molecular weight excluding hydrogens is 394 g/mol. The summed E-state index contributed by atoms with van der Waals surface area (Å²) in [4.78, 5) is 15.3. The van der Waals surface area contributed by atoms with E-state index in [0.29, 0.717) is 13.1 Å². The van der Waals surface area contributed by atoms with Crippen LogP contribution in [0.15, 0.2) is 41.8 Å². The van der Waals surface area contributed by atoms with Crippen LogP contribution in [0.25, 0.3) is 11.3 Å². The fourth-order valence-electron chi connectivity index (χ4n) is 3.41. The van der Waals surface area contributed by atoms with Gasteiger partial charge in [0.05, 0.1) is 10.7 Å². The van der Waals surface area contributed by atoms with Crippen molar-refractivity contribution in [2.45, 2.75) is 33.6 Å². The number of aromatic nitrogens is 1. The van der Waals surface area contributed by atoms with Gasteiger partial charge in [0.15, 0.2) is 0 Å². The molecule has 5 nitrogen and oxygen atoms in total. The average Bonchev–Trinajstić information content (AvgIpc) is 3.17. The molecule has 158 valence electrons. The molecule has 30 heavy (non-hydrogen) atoms. The van der Waals surface area contributed by atoms with E-state index in [-0.39, 0.29) is 0 Å². The first-order chi connectivity index (χ1) is 14.4. The summed E-state index contributed by atoms with van der Waals surface area (Å²) in [5.74, 6) is 0. The van der Waals surface area contributed by atoms with Crippen LogP contribution >= 0.6 is 11.3 Å². The van der Waals surface area contributed by atoms with Crippen molar-refractivity contribution >= 4 is 17.4 Å². The minimum Gasteiger partial charge on any atom is -0.465 e. The Labute approximate surface area is 182 Å². The molecule has 3 N–H and O–H groups in total. The number of benzene rings is 2. The monoisotopic (exact) mass is 423 g/mol. The number of hydrogen-bond acceptors (Lipinski definition) is 4. The van der Waals surface area contributed by atoms with E-state index >= 15 is 0 Å². The van der Waals surface area contributed by atoms with Crippen molar-refractivity contribution in [1.82, 2.24) is 15.6 Å². The highest BCUT2D eigenvalue weighted by Gasteiger charge is 2.09. The van der Waals surface area contributed by atoms with Crippen LogP contribution in [-0.2, 0) is 12.8 Å². The predicted octanol–water partition coefficient (Wildman–Crippen LogP) is 4.73. The zero-order valence-corrected chi connectivity index (χ0v) is 18.6. The van der Waals surface area contributed by atoms with Gasteiger partial charge in [-0.2, -0.15) is 0 Å². The molecular formula is C24H29N3O2S. The second-order valence-electron chi connectivity index (χ2n) is 7.61. The largest absolute Gasteiger partial charge is 0.465 e. The van der Waals surface area contributed by atoms with Crippen molar-refractivity contribution in [2.24, 2.45) is 0 Å². The van der Waals surface area contributed by atoms with Gasteiger partial charge in [-0.1, -0.05) is 42.0 Å². The van der Waals surface area contributed by atoms with Crippen LogP contribution in [0.2, 0.25) is 0 Å². The molecule has 0 fully saturated rings. The summed E-state index contributed by atoms with van der Waals surface area (Å²) < 4.78 is 0. The van der Waals surface area contributed by atoms with Crippen molar-refractivity contribution in [1.29, 1.82) is 0 Å². The van der Waals surface area contributed by atoms with Gasteiger partial charge in [0, 0.05) is 30.5 Å². The highest BCUT2D eigenvalue weighted by Crippen LogP contribution is 2.26. The molecule has 0 unspecified atom stereocenters. The van der Waals surface area contributed by atoms with Crippen molar-refractivity contribution in [3.05, 3.63) is 74.6 Å². The number of nitrogens with one attached hydrogen (secondary N) is 2. The summed E-state index contributed by atoms with van der Waals surface area (Å²) >= 11 is 1.72. The van der Waals surface area contributed by atoms with Crippen LogP contribution in [0, 0.1) is 20.8 Å². The second-order valence-corrected chi connectivity index (χ2v) is 8.55. The third kappa shape index (κ3) is 6.15. The van der Waals surface area contributed by atoms with Crippen LogP contribution in [0.1, 0.15) is 32.8 Å². The van der Waals surface area contributed by atoms with Crippen molar-refractivity contribution in [2.75, 3.05) is 19.6 Å². The number of thiazole rings is 1. The highest BCUT2D eigenvalue weighted by atomic mass is 32.1. The minimum absolute atomic E-state index is 0.421. The normalized spacial score (nSPS) is 10.9. The molecule has 0 saturated heterocycles. The Morgan fingerprint density at radius 3 is 2.43 bits per heavy atom. The quantitative estimate of drug-likeness (QED) is 0.435. The Morgan fingerprint density at radius 2 is 1.70 bits per heavy atom. The van der Waals surface area contributed by atoms with Crippen LogP contribution in [-0.4, -0.2) is 35.8 Å². The lowest BCUT2D eigenvalue weighted by Gasteiger charge is -2.12. The molecule has 3 rings (SSSR count). The Hall–Kier alpha value is -2.70. The van der Waals surface area contributed by atoms with Crippen LogP contribution in [0.5, 0.6) is 0 Å². The van der Waals surface area contributed by atoms with Gasteiger partial charge in [-0.05, 0) is 56.0 Å². The van der Waals surface area contributed by atoms with E-state index in [0.717, 1.165) is 35.7 Å². The van der Waals surface area contributed by atoms with Crippen LogP contribution < -0.4 is 10.6 Å². The first-order valence-electron chi connectivity index (χ1n) is 10.2. The molecule has 0 saturated carbocycles. The van der Waals surface area contributed by atoms with Gasteiger partial charge in [-0.15, -0.1) is 11.3 Å². The molecule has 2 aromatic carbocycles. The molecule has 1 amide bonds. The summed E-state index contributed by atoms with van der Waals surface area (Å²) in [7, 11) is 0. The third-order valence-electron chi connectivity index (χ3n) is 5.18. The first kappa shape index (κ1) is 22.0. The standard InChI is InChI=1S/C24H29N3O2S/c1-16-4-6-19(7-5-16)22-15-30-23(27-22)14-21-13-17(2)20(12-18(21)3)8-9-25-10-11-26-24(28)29/h4-7,12-13,15,25-26H,8-11,14H2,1-3H3,(H,28,29). The van der Waals surface area contributed by atoms with E-state index < -0.39 is 6.09 Å². The first-order valence-corrected chi connectivity index (χ1v) is 11.1. The Kier molecular flexibility index (Phi) is 7.60. The number of aryl methyl sites for hydroxylation is 3. The molecule has 0 spiro atoms. The SMILES string of the molecule is Cc1ccc(-c2csc(Cc3cc(C)c(CCNCCNC(=O)O)cc3C)n2)cc1. The van der Waals surface area contributed by atoms with E-state index in [1.165, 1.54) is 27.8 Å². The lowest BCUT2D eigenvalue weighted by Crippen LogP contribution is -2.31. The zero-order chi connectivity index (χ0) is 21.5. The molecule has 0 radical (unpaired) electrons. The van der Waals surface area contributed by atoms with E-state index in [2.05, 4.69) is 73.2 Å². The maximum atomic E-state index is 10.4. The van der Waals surface area contributed by atoms with Gasteiger partial charge in [0.1, 0.15) is 0 Å². The minimum atomic E-state index is -0.981. The van der Waals surface area contributed by atoms with Gasteiger partial charge in [-0.3, -0.25) is 0 Å². The molecule has 1 aromatic heterocycles. The summed E-state index contributed by atoms with van der Waals surface area (Å²) in [6.07, 6.45) is 0.794. The van der Waals surface area contributed by atoms with Crippen molar-refractivity contribution in [3.8, 4) is 11.3 Å². The lowest BCUT2D eigenvalue weighted by atomic mass is 9.96. The molecule has 0 aliphatic heterocycles. The van der Waals surface area contributed by atoms with Gasteiger partial charge in [0.2, 0.25) is 0 Å². The Balaban J connectivity index is 1.59. The molecule has 0 aliphatic rings. The van der Waals surface area contributed by atoms with Crippen LogP contribution in [0.4, 0.5) is 4.79 Å².